The van der Waals surface area contributed by atoms with Crippen LogP contribution in [-0.2, 0) is 11.2 Å². The van der Waals surface area contributed by atoms with Crippen molar-refractivity contribution in [3.05, 3.63) is 70.5 Å². The highest BCUT2D eigenvalue weighted by atomic mass is 35.5. The third-order valence-corrected chi connectivity index (χ3v) is 3.72. The lowest BCUT2D eigenvalue weighted by atomic mass is 9.99. The van der Waals surface area contributed by atoms with Gasteiger partial charge in [0.2, 0.25) is 0 Å². The fraction of sp³-hybridized carbons (Fsp3) is 0.235. The Hall–Kier alpha value is -1.71. The number of Topliss-reactive ketones (excluding diaryl/α,β-unsaturated/α-hetero) is 1. The van der Waals surface area contributed by atoms with E-state index >= 15 is 0 Å². The monoisotopic (exact) mass is 305 g/mol. The number of carbonyl (C=O) groups excluding carboxylic acids is 1. The molecule has 2 aromatic rings. The van der Waals surface area contributed by atoms with Gasteiger partial charge in [-0.15, -0.1) is 0 Å². The number of benzene rings is 2. The van der Waals surface area contributed by atoms with Gasteiger partial charge in [-0.1, -0.05) is 48.0 Å². The lowest BCUT2D eigenvalue weighted by molar-refractivity contribution is -0.118. The van der Waals surface area contributed by atoms with E-state index in [2.05, 4.69) is 0 Å². The molecule has 0 spiro atoms. The molecule has 2 rings (SSSR count). The third-order valence-electron chi connectivity index (χ3n) is 3.36. The largest absolute Gasteiger partial charge is 0.324 e. The van der Waals surface area contributed by atoms with Gasteiger partial charge in [-0.05, 0) is 29.7 Å². The Labute approximate surface area is 128 Å². The fourth-order valence-corrected chi connectivity index (χ4v) is 2.38. The van der Waals surface area contributed by atoms with Gasteiger partial charge in [-0.25, -0.2) is 4.39 Å². The number of hydrogen-bond acceptors (Lipinski definition) is 2. The van der Waals surface area contributed by atoms with E-state index in [1.54, 1.807) is 6.07 Å². The summed E-state index contributed by atoms with van der Waals surface area (Å²) in [5, 5.41) is 0.288. The molecular formula is C17H17ClFNO. The summed E-state index contributed by atoms with van der Waals surface area (Å²) in [7, 11) is 0. The second kappa shape index (κ2) is 7.34. The van der Waals surface area contributed by atoms with E-state index in [9.17, 15) is 9.18 Å². The summed E-state index contributed by atoms with van der Waals surface area (Å²) in [5.41, 5.74) is 7.73. The van der Waals surface area contributed by atoms with Gasteiger partial charge in [0, 0.05) is 23.9 Å². The number of rotatable bonds is 6. The van der Waals surface area contributed by atoms with E-state index in [1.807, 2.05) is 30.3 Å². The van der Waals surface area contributed by atoms with Crippen molar-refractivity contribution in [3.8, 4) is 0 Å². The first-order valence-electron chi connectivity index (χ1n) is 6.82. The molecule has 0 aliphatic rings. The molecular weight excluding hydrogens is 289 g/mol. The van der Waals surface area contributed by atoms with Crippen molar-refractivity contribution >= 4 is 17.4 Å². The number of nitrogens with two attached hydrogens (primary N) is 1. The molecule has 0 bridgehead atoms. The van der Waals surface area contributed by atoms with E-state index < -0.39 is 5.82 Å². The van der Waals surface area contributed by atoms with Crippen molar-refractivity contribution in [1.82, 2.24) is 0 Å². The van der Waals surface area contributed by atoms with E-state index in [4.69, 9.17) is 17.3 Å². The predicted molar refractivity (Wildman–Crippen MR) is 82.7 cm³/mol. The van der Waals surface area contributed by atoms with Gasteiger partial charge in [-0.2, -0.15) is 0 Å². The Balaban J connectivity index is 1.87. The van der Waals surface area contributed by atoms with Crippen LogP contribution >= 0.6 is 11.6 Å². The van der Waals surface area contributed by atoms with Crippen LogP contribution in [-0.4, -0.2) is 5.78 Å². The second-order valence-corrected chi connectivity index (χ2v) is 5.41. The van der Waals surface area contributed by atoms with Gasteiger partial charge in [0.25, 0.3) is 0 Å². The molecule has 0 saturated heterocycles. The third kappa shape index (κ3) is 4.66. The highest BCUT2D eigenvalue weighted by Gasteiger charge is 2.11. The van der Waals surface area contributed by atoms with Crippen molar-refractivity contribution in [1.29, 1.82) is 0 Å². The maximum atomic E-state index is 12.9. The molecule has 0 aliphatic carbocycles. The molecule has 0 aromatic heterocycles. The summed E-state index contributed by atoms with van der Waals surface area (Å²) in [5.74, 6) is -0.350. The van der Waals surface area contributed by atoms with Crippen LogP contribution in [0.4, 0.5) is 4.39 Å². The summed E-state index contributed by atoms with van der Waals surface area (Å²) < 4.78 is 12.9. The molecule has 4 heteroatoms. The maximum Gasteiger partial charge on any atom is 0.137 e. The minimum Gasteiger partial charge on any atom is -0.324 e. The van der Waals surface area contributed by atoms with Crippen LogP contribution < -0.4 is 5.73 Å². The SMILES string of the molecule is NC(CCC(=O)Cc1ccc(F)cc1Cl)c1ccccc1. The zero-order valence-electron chi connectivity index (χ0n) is 11.6. The van der Waals surface area contributed by atoms with Gasteiger partial charge < -0.3 is 5.73 Å². The molecule has 0 amide bonds. The quantitative estimate of drug-likeness (QED) is 0.874. The molecule has 0 fully saturated rings. The van der Waals surface area contributed by atoms with Gasteiger partial charge in [0.15, 0.2) is 0 Å². The Morgan fingerprint density at radius 2 is 1.90 bits per heavy atom. The Kier molecular flexibility index (Phi) is 5.48. The van der Waals surface area contributed by atoms with Gasteiger partial charge >= 0.3 is 0 Å². The normalized spacial score (nSPS) is 12.1. The summed E-state index contributed by atoms with van der Waals surface area (Å²) in [4.78, 5) is 12.0. The molecule has 1 unspecified atom stereocenters. The van der Waals surface area contributed by atoms with E-state index in [0.29, 0.717) is 18.4 Å². The summed E-state index contributed by atoms with van der Waals surface area (Å²) in [6.07, 6.45) is 1.17. The molecule has 2 nitrogen and oxygen atoms in total. The van der Waals surface area contributed by atoms with Gasteiger partial charge in [0.05, 0.1) is 0 Å². The van der Waals surface area contributed by atoms with Crippen molar-refractivity contribution in [3.63, 3.8) is 0 Å². The van der Waals surface area contributed by atoms with Crippen molar-refractivity contribution in [2.75, 3.05) is 0 Å². The molecule has 0 radical (unpaired) electrons. The second-order valence-electron chi connectivity index (χ2n) is 5.01. The molecule has 0 saturated carbocycles. The van der Waals surface area contributed by atoms with Crippen LogP contribution in [0, 0.1) is 5.82 Å². The Bertz CT molecular complexity index is 615. The standard InChI is InChI=1S/C17H17ClFNO/c18-16-11-14(19)7-6-13(16)10-15(21)8-9-17(20)12-4-2-1-3-5-12/h1-7,11,17H,8-10,20H2. The van der Waals surface area contributed by atoms with Crippen molar-refractivity contribution < 1.29 is 9.18 Å². The number of ketones is 1. The van der Waals surface area contributed by atoms with E-state index in [-0.39, 0.29) is 23.3 Å². The smallest absolute Gasteiger partial charge is 0.137 e. The summed E-state index contributed by atoms with van der Waals surface area (Å²) in [6, 6.07) is 13.6. The Morgan fingerprint density at radius 3 is 2.57 bits per heavy atom. The first kappa shape index (κ1) is 15.7. The Morgan fingerprint density at radius 1 is 1.19 bits per heavy atom. The molecule has 0 heterocycles. The highest BCUT2D eigenvalue weighted by molar-refractivity contribution is 6.31. The number of carbonyl (C=O) groups is 1. The van der Waals surface area contributed by atoms with Crippen LogP contribution in [0.2, 0.25) is 5.02 Å². The molecule has 21 heavy (non-hydrogen) atoms. The zero-order chi connectivity index (χ0) is 15.2. The van der Waals surface area contributed by atoms with Crippen LogP contribution in [0.5, 0.6) is 0 Å². The maximum absolute atomic E-state index is 12.9. The lowest BCUT2D eigenvalue weighted by Gasteiger charge is -2.11. The first-order valence-corrected chi connectivity index (χ1v) is 7.20. The van der Waals surface area contributed by atoms with Crippen molar-refractivity contribution in [2.45, 2.75) is 25.3 Å². The zero-order valence-corrected chi connectivity index (χ0v) is 12.3. The van der Waals surface area contributed by atoms with E-state index in [1.165, 1.54) is 12.1 Å². The first-order chi connectivity index (χ1) is 10.1. The summed E-state index contributed by atoms with van der Waals surface area (Å²) in [6.45, 7) is 0. The molecule has 2 aromatic carbocycles. The average Bonchev–Trinajstić information content (AvgIpc) is 2.48. The van der Waals surface area contributed by atoms with E-state index in [0.717, 1.165) is 5.56 Å². The fourth-order valence-electron chi connectivity index (χ4n) is 2.15. The minimum absolute atomic E-state index is 0.0508. The van der Waals surface area contributed by atoms with Gasteiger partial charge in [0.1, 0.15) is 11.6 Å². The summed E-state index contributed by atoms with van der Waals surface area (Å²) >= 11 is 5.92. The lowest BCUT2D eigenvalue weighted by Crippen LogP contribution is -2.13. The van der Waals surface area contributed by atoms with Crippen LogP contribution in [0.25, 0.3) is 0 Å². The van der Waals surface area contributed by atoms with Crippen LogP contribution in [0.1, 0.15) is 30.0 Å². The topological polar surface area (TPSA) is 43.1 Å². The predicted octanol–water partition coefficient (Wildman–Crippen LogP) is 4.07. The van der Waals surface area contributed by atoms with Crippen LogP contribution in [0.15, 0.2) is 48.5 Å². The van der Waals surface area contributed by atoms with Crippen LogP contribution in [0.3, 0.4) is 0 Å². The number of halogens is 2. The molecule has 1 atom stereocenters. The molecule has 110 valence electrons. The average molecular weight is 306 g/mol. The van der Waals surface area contributed by atoms with Crippen molar-refractivity contribution in [2.24, 2.45) is 5.73 Å². The molecule has 2 N–H and O–H groups in total. The minimum atomic E-state index is -0.401. The van der Waals surface area contributed by atoms with Gasteiger partial charge in [-0.3, -0.25) is 4.79 Å². The molecule has 0 aliphatic heterocycles. The highest BCUT2D eigenvalue weighted by Crippen LogP contribution is 2.20. The number of hydrogen-bond donors (Lipinski definition) is 1.